The number of esters is 1. The molecule has 6 nitrogen and oxygen atoms in total. The summed E-state index contributed by atoms with van der Waals surface area (Å²) in [5.74, 6) is 0.660. The lowest BCUT2D eigenvalue weighted by Gasteiger charge is -2.00. The van der Waals surface area contributed by atoms with Gasteiger partial charge in [0.05, 0.1) is 18.4 Å². The molecular formula is C19H13ClN2O4S. The number of nitrogens with zero attached hydrogens (tertiary/aromatic N) is 2. The van der Waals surface area contributed by atoms with Gasteiger partial charge in [-0.05, 0) is 24.3 Å². The number of carbonyl (C=O) groups excluding carboxylic acids is 1. The number of ether oxygens (including phenoxy) is 1. The van der Waals surface area contributed by atoms with Crippen molar-refractivity contribution >= 4 is 28.9 Å². The highest BCUT2D eigenvalue weighted by molar-refractivity contribution is 7.13. The normalized spacial score (nSPS) is 10.9. The van der Waals surface area contributed by atoms with Crippen LogP contribution < -0.4 is 0 Å². The Labute approximate surface area is 163 Å². The lowest BCUT2D eigenvalue weighted by molar-refractivity contribution is -0.144. The minimum atomic E-state index is -0.388. The van der Waals surface area contributed by atoms with Crippen LogP contribution in [0.1, 0.15) is 11.4 Å². The third kappa shape index (κ3) is 4.27. The van der Waals surface area contributed by atoms with Gasteiger partial charge in [-0.1, -0.05) is 28.9 Å². The summed E-state index contributed by atoms with van der Waals surface area (Å²) in [4.78, 5) is 16.5. The lowest BCUT2D eigenvalue weighted by atomic mass is 10.2. The number of halogens is 1. The third-order valence-electron chi connectivity index (χ3n) is 3.65. The molecule has 0 saturated carbocycles. The molecule has 0 amide bonds. The largest absolute Gasteiger partial charge is 0.461 e. The summed E-state index contributed by atoms with van der Waals surface area (Å²) in [5.41, 5.74) is 2.07. The molecule has 3 heterocycles. The van der Waals surface area contributed by atoms with E-state index in [9.17, 15) is 4.79 Å². The predicted octanol–water partition coefficient (Wildman–Crippen LogP) is 5.00. The summed E-state index contributed by atoms with van der Waals surface area (Å²) in [5, 5.41) is 7.15. The van der Waals surface area contributed by atoms with Crippen molar-refractivity contribution < 1.29 is 18.5 Å². The molecule has 4 rings (SSSR count). The summed E-state index contributed by atoms with van der Waals surface area (Å²) in [6.07, 6.45) is 1.63. The summed E-state index contributed by atoms with van der Waals surface area (Å²) < 4.78 is 15.6. The zero-order valence-corrected chi connectivity index (χ0v) is 15.5. The van der Waals surface area contributed by atoms with E-state index in [1.54, 1.807) is 30.5 Å². The van der Waals surface area contributed by atoms with Crippen LogP contribution in [0.25, 0.3) is 22.1 Å². The van der Waals surface area contributed by atoms with Crippen LogP contribution in [0.2, 0.25) is 5.02 Å². The molecule has 0 radical (unpaired) electrons. The van der Waals surface area contributed by atoms with Crippen molar-refractivity contribution in [3.63, 3.8) is 0 Å². The molecule has 0 saturated heterocycles. The molecule has 0 aliphatic rings. The fourth-order valence-electron chi connectivity index (χ4n) is 2.41. The maximum atomic E-state index is 12.1. The second kappa shape index (κ2) is 7.77. The Kier molecular flexibility index (Phi) is 5.04. The van der Waals surface area contributed by atoms with Gasteiger partial charge in [0, 0.05) is 22.0 Å². The van der Waals surface area contributed by atoms with Crippen molar-refractivity contribution in [2.24, 2.45) is 0 Å². The van der Waals surface area contributed by atoms with E-state index in [4.69, 9.17) is 25.3 Å². The number of furan rings is 1. The van der Waals surface area contributed by atoms with Crippen LogP contribution in [0.4, 0.5) is 0 Å². The van der Waals surface area contributed by atoms with E-state index in [0.717, 1.165) is 10.6 Å². The van der Waals surface area contributed by atoms with Gasteiger partial charge in [0.25, 0.3) is 0 Å². The standard InChI is InChI=1S/C19H13ClN2O4S/c20-13-4-1-3-12(7-13)19-21-15(11-27-19)9-18(23)25-10-14-8-17(26-22-14)16-5-2-6-24-16/h1-8,11H,9-10H2. The molecule has 0 N–H and O–H groups in total. The lowest BCUT2D eigenvalue weighted by Crippen LogP contribution is -2.08. The van der Waals surface area contributed by atoms with Crippen molar-refractivity contribution in [1.29, 1.82) is 0 Å². The molecule has 4 aromatic rings. The Morgan fingerprint density at radius 2 is 2.07 bits per heavy atom. The third-order valence-corrected chi connectivity index (χ3v) is 4.83. The highest BCUT2D eigenvalue weighted by Crippen LogP contribution is 2.26. The number of benzene rings is 1. The highest BCUT2D eigenvalue weighted by Gasteiger charge is 2.13. The van der Waals surface area contributed by atoms with Crippen molar-refractivity contribution in [3.05, 3.63) is 70.5 Å². The second-order valence-electron chi connectivity index (χ2n) is 5.65. The second-order valence-corrected chi connectivity index (χ2v) is 6.95. The Morgan fingerprint density at radius 3 is 2.89 bits per heavy atom. The van der Waals surface area contributed by atoms with Gasteiger partial charge < -0.3 is 13.7 Å². The average Bonchev–Trinajstić information content (AvgIpc) is 3.41. The monoisotopic (exact) mass is 400 g/mol. The molecule has 0 bridgehead atoms. The summed E-state index contributed by atoms with van der Waals surface area (Å²) >= 11 is 7.46. The average molecular weight is 401 g/mol. The molecule has 3 aromatic heterocycles. The number of hydrogen-bond donors (Lipinski definition) is 0. The fourth-order valence-corrected chi connectivity index (χ4v) is 3.42. The van der Waals surface area contributed by atoms with Gasteiger partial charge in [-0.2, -0.15) is 0 Å². The maximum absolute atomic E-state index is 12.1. The molecule has 0 fully saturated rings. The van der Waals surface area contributed by atoms with Crippen LogP contribution in [0.5, 0.6) is 0 Å². The van der Waals surface area contributed by atoms with Gasteiger partial charge in [0.15, 0.2) is 5.76 Å². The van der Waals surface area contributed by atoms with Gasteiger partial charge in [0.2, 0.25) is 5.76 Å². The molecule has 1 aromatic carbocycles. The minimum Gasteiger partial charge on any atom is -0.461 e. The van der Waals surface area contributed by atoms with Crippen LogP contribution >= 0.6 is 22.9 Å². The van der Waals surface area contributed by atoms with Crippen molar-refractivity contribution in [2.45, 2.75) is 13.0 Å². The van der Waals surface area contributed by atoms with E-state index in [-0.39, 0.29) is 19.0 Å². The Hall–Kier alpha value is -2.90. The van der Waals surface area contributed by atoms with Gasteiger partial charge in [-0.25, -0.2) is 4.98 Å². The summed E-state index contributed by atoms with van der Waals surface area (Å²) in [6.45, 7) is 0.0222. The molecular weight excluding hydrogens is 388 g/mol. The van der Waals surface area contributed by atoms with Gasteiger partial charge in [0.1, 0.15) is 17.3 Å². The van der Waals surface area contributed by atoms with Crippen LogP contribution in [0.15, 0.2) is 63.0 Å². The van der Waals surface area contributed by atoms with E-state index < -0.39 is 0 Å². The van der Waals surface area contributed by atoms with E-state index in [2.05, 4.69) is 10.1 Å². The minimum absolute atomic E-state index is 0.0222. The van der Waals surface area contributed by atoms with Crippen LogP contribution in [0.3, 0.4) is 0 Å². The zero-order valence-electron chi connectivity index (χ0n) is 13.9. The molecule has 27 heavy (non-hydrogen) atoms. The SMILES string of the molecule is O=C(Cc1csc(-c2cccc(Cl)c2)n1)OCc1cc(-c2ccco2)on1. The van der Waals surface area contributed by atoms with Gasteiger partial charge >= 0.3 is 5.97 Å². The van der Waals surface area contributed by atoms with E-state index in [0.29, 0.717) is 27.9 Å². The first-order chi connectivity index (χ1) is 13.2. The van der Waals surface area contributed by atoms with E-state index in [1.165, 1.54) is 11.3 Å². The molecule has 0 unspecified atom stereocenters. The quantitative estimate of drug-likeness (QED) is 0.424. The van der Waals surface area contributed by atoms with Crippen LogP contribution in [0, 0.1) is 0 Å². The number of hydrogen-bond acceptors (Lipinski definition) is 7. The van der Waals surface area contributed by atoms with Crippen LogP contribution in [-0.4, -0.2) is 16.1 Å². The number of thiazole rings is 1. The van der Waals surface area contributed by atoms with Crippen molar-refractivity contribution in [1.82, 2.24) is 10.1 Å². The zero-order chi connectivity index (χ0) is 18.6. The first-order valence-electron chi connectivity index (χ1n) is 8.03. The Balaban J connectivity index is 1.33. The molecule has 0 aliphatic carbocycles. The molecule has 0 spiro atoms. The molecule has 0 aliphatic heterocycles. The van der Waals surface area contributed by atoms with Crippen LogP contribution in [-0.2, 0) is 22.6 Å². The Bertz CT molecular complexity index is 1060. The summed E-state index contributed by atoms with van der Waals surface area (Å²) in [7, 11) is 0. The van der Waals surface area contributed by atoms with Gasteiger partial charge in [-0.3, -0.25) is 4.79 Å². The number of rotatable bonds is 6. The van der Waals surface area contributed by atoms with E-state index >= 15 is 0 Å². The Morgan fingerprint density at radius 1 is 1.15 bits per heavy atom. The maximum Gasteiger partial charge on any atom is 0.312 e. The summed E-state index contributed by atoms with van der Waals surface area (Å²) in [6, 6.07) is 12.6. The van der Waals surface area contributed by atoms with Gasteiger partial charge in [-0.15, -0.1) is 11.3 Å². The number of aromatic nitrogens is 2. The first kappa shape index (κ1) is 17.5. The molecule has 136 valence electrons. The topological polar surface area (TPSA) is 78.4 Å². The smallest absolute Gasteiger partial charge is 0.312 e. The molecule has 0 atom stereocenters. The fraction of sp³-hybridized carbons (Fsp3) is 0.105. The molecule has 8 heteroatoms. The van der Waals surface area contributed by atoms with Crippen molar-refractivity contribution in [3.8, 4) is 22.1 Å². The number of carbonyl (C=O) groups is 1. The predicted molar refractivity (Wildman–Crippen MR) is 100 cm³/mol. The van der Waals surface area contributed by atoms with E-state index in [1.807, 2.05) is 23.6 Å². The highest BCUT2D eigenvalue weighted by atomic mass is 35.5. The van der Waals surface area contributed by atoms with Crippen molar-refractivity contribution in [2.75, 3.05) is 0 Å². The first-order valence-corrected chi connectivity index (χ1v) is 9.28.